The molecule has 0 saturated carbocycles. The number of anilines is 1. The van der Waals surface area contributed by atoms with E-state index in [0.717, 1.165) is 22.4 Å². The van der Waals surface area contributed by atoms with Crippen molar-refractivity contribution in [1.29, 1.82) is 0 Å². The van der Waals surface area contributed by atoms with Crippen LogP contribution in [-0.4, -0.2) is 36.1 Å². The molecule has 33 heavy (non-hydrogen) atoms. The minimum atomic E-state index is -1.13. The highest BCUT2D eigenvalue weighted by Gasteiger charge is 2.59. The molecule has 5 nitrogen and oxygen atoms in total. The minimum absolute atomic E-state index is 0.112. The van der Waals surface area contributed by atoms with Gasteiger partial charge in [0.25, 0.3) is 11.8 Å². The van der Waals surface area contributed by atoms with E-state index in [1.165, 1.54) is 11.8 Å². The molecular weight excluding hydrogens is 456 g/mol. The maximum absolute atomic E-state index is 14.1. The lowest BCUT2D eigenvalue weighted by atomic mass is 10.0. The Balaban J connectivity index is 1.58. The highest BCUT2D eigenvalue weighted by Crippen LogP contribution is 2.55. The van der Waals surface area contributed by atoms with Crippen molar-refractivity contribution in [3.63, 3.8) is 0 Å². The second-order valence-electron chi connectivity index (χ2n) is 8.22. The number of carbonyl (C=O) groups excluding carboxylic acids is 2. The molecule has 168 valence electrons. The SMILES string of the molecule is COc1cccc(C(=O)N2CCSC23C(=O)N(Cc2ccc(C)cc2)c2ccc(Cl)cc23)c1. The summed E-state index contributed by atoms with van der Waals surface area (Å²) >= 11 is 7.88. The maximum atomic E-state index is 14.1. The van der Waals surface area contributed by atoms with Crippen molar-refractivity contribution < 1.29 is 14.3 Å². The summed E-state index contributed by atoms with van der Waals surface area (Å²) < 4.78 is 5.30. The van der Waals surface area contributed by atoms with E-state index in [0.29, 0.717) is 35.2 Å². The number of aryl methyl sites for hydroxylation is 1. The Morgan fingerprint density at radius 2 is 1.91 bits per heavy atom. The zero-order valence-electron chi connectivity index (χ0n) is 18.4. The molecule has 0 bridgehead atoms. The molecule has 2 heterocycles. The number of hydrogen-bond acceptors (Lipinski definition) is 4. The maximum Gasteiger partial charge on any atom is 0.268 e. The second kappa shape index (κ2) is 8.43. The fraction of sp³-hybridized carbons (Fsp3) is 0.231. The number of benzene rings is 3. The molecule has 1 spiro atoms. The summed E-state index contributed by atoms with van der Waals surface area (Å²) in [5.41, 5.74) is 4.25. The smallest absolute Gasteiger partial charge is 0.268 e. The number of rotatable bonds is 4. The van der Waals surface area contributed by atoms with Gasteiger partial charge in [-0.3, -0.25) is 9.59 Å². The summed E-state index contributed by atoms with van der Waals surface area (Å²) in [6.45, 7) is 2.93. The molecule has 3 aromatic carbocycles. The average molecular weight is 479 g/mol. The van der Waals surface area contributed by atoms with Gasteiger partial charge in [0.1, 0.15) is 5.75 Å². The summed E-state index contributed by atoms with van der Waals surface area (Å²) in [6.07, 6.45) is 0. The van der Waals surface area contributed by atoms with Crippen LogP contribution >= 0.6 is 23.4 Å². The van der Waals surface area contributed by atoms with E-state index in [1.54, 1.807) is 47.2 Å². The number of thioether (sulfide) groups is 1. The van der Waals surface area contributed by atoms with Crippen molar-refractivity contribution in [2.45, 2.75) is 18.3 Å². The van der Waals surface area contributed by atoms with Gasteiger partial charge in [-0.25, -0.2) is 0 Å². The second-order valence-corrected chi connectivity index (χ2v) is 9.94. The van der Waals surface area contributed by atoms with Crippen LogP contribution in [0.1, 0.15) is 27.0 Å². The Bertz CT molecular complexity index is 1250. The van der Waals surface area contributed by atoms with Gasteiger partial charge in [0.15, 0.2) is 4.87 Å². The fourth-order valence-corrected chi connectivity index (χ4v) is 6.16. The van der Waals surface area contributed by atoms with Crippen molar-refractivity contribution in [1.82, 2.24) is 4.90 Å². The Morgan fingerprint density at radius 3 is 2.67 bits per heavy atom. The van der Waals surface area contributed by atoms with Crippen LogP contribution < -0.4 is 9.64 Å². The average Bonchev–Trinajstić information content (AvgIpc) is 3.37. The lowest BCUT2D eigenvalue weighted by molar-refractivity contribution is -0.123. The van der Waals surface area contributed by atoms with Crippen molar-refractivity contribution in [3.05, 3.63) is 94.0 Å². The molecule has 5 rings (SSSR count). The number of methoxy groups -OCH3 is 1. The van der Waals surface area contributed by atoms with Crippen LogP contribution in [-0.2, 0) is 16.2 Å². The molecule has 2 aliphatic heterocycles. The van der Waals surface area contributed by atoms with Crippen LogP contribution in [0, 0.1) is 6.92 Å². The van der Waals surface area contributed by atoms with Gasteiger partial charge in [-0.2, -0.15) is 0 Å². The molecule has 0 N–H and O–H groups in total. The molecule has 3 aromatic rings. The number of hydrogen-bond donors (Lipinski definition) is 0. The summed E-state index contributed by atoms with van der Waals surface area (Å²) in [4.78, 5) is 30.1. The summed E-state index contributed by atoms with van der Waals surface area (Å²) in [7, 11) is 1.57. The first-order chi connectivity index (χ1) is 15.9. The Kier molecular flexibility index (Phi) is 5.59. The fourth-order valence-electron chi connectivity index (χ4n) is 4.53. The predicted octanol–water partition coefficient (Wildman–Crippen LogP) is 5.25. The van der Waals surface area contributed by atoms with Crippen LogP contribution in [0.15, 0.2) is 66.7 Å². The van der Waals surface area contributed by atoms with E-state index < -0.39 is 4.87 Å². The summed E-state index contributed by atoms with van der Waals surface area (Å²) in [5, 5.41) is 0.541. The molecule has 1 fully saturated rings. The van der Waals surface area contributed by atoms with Gasteiger partial charge >= 0.3 is 0 Å². The van der Waals surface area contributed by atoms with Gasteiger partial charge in [0.05, 0.1) is 19.3 Å². The quantitative estimate of drug-likeness (QED) is 0.514. The first kappa shape index (κ1) is 21.9. The van der Waals surface area contributed by atoms with Gasteiger partial charge in [0, 0.05) is 28.4 Å². The van der Waals surface area contributed by atoms with E-state index in [-0.39, 0.29) is 11.8 Å². The summed E-state index contributed by atoms with van der Waals surface area (Å²) in [6, 6.07) is 20.7. The summed E-state index contributed by atoms with van der Waals surface area (Å²) in [5.74, 6) is 0.949. The minimum Gasteiger partial charge on any atom is -0.497 e. The van der Waals surface area contributed by atoms with E-state index in [1.807, 2.05) is 43.3 Å². The molecule has 0 aromatic heterocycles. The van der Waals surface area contributed by atoms with Crippen LogP contribution in [0.3, 0.4) is 0 Å². The molecular formula is C26H23ClN2O3S. The predicted molar refractivity (Wildman–Crippen MR) is 132 cm³/mol. The molecule has 1 atom stereocenters. The lowest BCUT2D eigenvalue weighted by Crippen LogP contribution is -2.50. The zero-order chi connectivity index (χ0) is 23.2. The first-order valence-corrected chi connectivity index (χ1v) is 12.1. The number of carbonyl (C=O) groups is 2. The number of amides is 2. The third-order valence-electron chi connectivity index (χ3n) is 6.18. The number of fused-ring (bicyclic) bond motifs is 2. The van der Waals surface area contributed by atoms with Gasteiger partial charge < -0.3 is 14.5 Å². The van der Waals surface area contributed by atoms with Crippen LogP contribution in [0.4, 0.5) is 5.69 Å². The molecule has 0 aliphatic carbocycles. The van der Waals surface area contributed by atoms with Crippen molar-refractivity contribution in [2.24, 2.45) is 0 Å². The third kappa shape index (κ3) is 3.58. The highest BCUT2D eigenvalue weighted by molar-refractivity contribution is 8.01. The van der Waals surface area contributed by atoms with E-state index >= 15 is 0 Å². The zero-order valence-corrected chi connectivity index (χ0v) is 19.9. The van der Waals surface area contributed by atoms with Crippen LogP contribution in [0.5, 0.6) is 5.75 Å². The molecule has 2 amide bonds. The Hall–Kier alpha value is -2.96. The molecule has 1 saturated heterocycles. The largest absolute Gasteiger partial charge is 0.497 e. The lowest BCUT2D eigenvalue weighted by Gasteiger charge is -2.33. The van der Waals surface area contributed by atoms with Crippen molar-refractivity contribution in [2.75, 3.05) is 24.3 Å². The van der Waals surface area contributed by atoms with Crippen LogP contribution in [0.2, 0.25) is 5.02 Å². The number of nitrogens with zero attached hydrogens (tertiary/aromatic N) is 2. The van der Waals surface area contributed by atoms with Gasteiger partial charge in [-0.1, -0.05) is 47.5 Å². The van der Waals surface area contributed by atoms with Gasteiger partial charge in [0.2, 0.25) is 0 Å². The third-order valence-corrected chi connectivity index (χ3v) is 7.83. The Labute approximate surface area is 202 Å². The Morgan fingerprint density at radius 1 is 1.12 bits per heavy atom. The first-order valence-electron chi connectivity index (χ1n) is 10.7. The van der Waals surface area contributed by atoms with Crippen molar-refractivity contribution in [3.8, 4) is 5.75 Å². The molecule has 2 aliphatic rings. The molecule has 7 heteroatoms. The molecule has 0 radical (unpaired) electrons. The van der Waals surface area contributed by atoms with E-state index in [9.17, 15) is 9.59 Å². The standard InChI is InChI=1S/C26H23ClN2O3S/c1-17-6-8-18(9-7-17)16-28-23-11-10-20(27)15-22(23)26(25(28)31)29(12-13-33-26)24(30)19-4-3-5-21(14-19)32-2/h3-11,14-15H,12-13,16H2,1-2H3. The normalized spacial score (nSPS) is 19.3. The monoisotopic (exact) mass is 478 g/mol. The van der Waals surface area contributed by atoms with E-state index in [4.69, 9.17) is 16.3 Å². The van der Waals surface area contributed by atoms with Crippen molar-refractivity contribution >= 4 is 40.9 Å². The van der Waals surface area contributed by atoms with Gasteiger partial charge in [-0.15, -0.1) is 11.8 Å². The highest BCUT2D eigenvalue weighted by atomic mass is 35.5. The van der Waals surface area contributed by atoms with E-state index in [2.05, 4.69) is 0 Å². The topological polar surface area (TPSA) is 49.9 Å². The van der Waals surface area contributed by atoms with Crippen LogP contribution in [0.25, 0.3) is 0 Å². The molecule has 1 unspecified atom stereocenters. The number of halogens is 1. The van der Waals surface area contributed by atoms with Gasteiger partial charge in [-0.05, 0) is 48.9 Å². The number of ether oxygens (including phenoxy) is 1.